The molecular weight excluding hydrogens is 210 g/mol. The van der Waals surface area contributed by atoms with Crippen molar-refractivity contribution in [2.45, 2.75) is 38.8 Å². The van der Waals surface area contributed by atoms with Gasteiger partial charge in [0.1, 0.15) is 12.1 Å². The number of ether oxygens (including phenoxy) is 2. The highest BCUT2D eigenvalue weighted by Crippen LogP contribution is 2.29. The lowest BCUT2D eigenvalue weighted by atomic mass is 10.3. The minimum absolute atomic E-state index is 0.279. The fourth-order valence-electron chi connectivity index (χ4n) is 1.21. The summed E-state index contributed by atoms with van der Waals surface area (Å²) in [6.07, 6.45) is 1.85. The first-order valence-electron chi connectivity index (χ1n) is 5.54. The summed E-state index contributed by atoms with van der Waals surface area (Å²) in [7, 11) is 1.29. The molecule has 1 fully saturated rings. The number of esters is 1. The van der Waals surface area contributed by atoms with E-state index in [1.54, 1.807) is 13.8 Å². The second-order valence-corrected chi connectivity index (χ2v) is 4.17. The topological polar surface area (TPSA) is 64.6 Å². The highest BCUT2D eigenvalue weighted by molar-refractivity contribution is 5.86. The van der Waals surface area contributed by atoms with Crippen molar-refractivity contribution >= 4 is 11.9 Å². The van der Waals surface area contributed by atoms with E-state index in [9.17, 15) is 9.59 Å². The summed E-state index contributed by atoms with van der Waals surface area (Å²) in [5.41, 5.74) is 0. The summed E-state index contributed by atoms with van der Waals surface area (Å²) in [5.74, 6) is -0.116. The Morgan fingerprint density at radius 1 is 1.38 bits per heavy atom. The summed E-state index contributed by atoms with van der Waals surface area (Å²) in [6, 6.07) is -0.635. The van der Waals surface area contributed by atoms with Crippen molar-refractivity contribution in [2.24, 2.45) is 5.92 Å². The lowest BCUT2D eigenvalue weighted by Crippen LogP contribution is -2.44. The van der Waals surface area contributed by atoms with Crippen molar-refractivity contribution in [2.75, 3.05) is 13.7 Å². The molecule has 92 valence electrons. The van der Waals surface area contributed by atoms with Crippen LogP contribution < -0.4 is 5.32 Å². The minimum atomic E-state index is -0.635. The van der Waals surface area contributed by atoms with Crippen molar-refractivity contribution in [3.8, 4) is 0 Å². The third-order valence-corrected chi connectivity index (χ3v) is 2.56. The van der Waals surface area contributed by atoms with Crippen LogP contribution in [0.15, 0.2) is 0 Å². The van der Waals surface area contributed by atoms with Crippen LogP contribution in [0.3, 0.4) is 0 Å². The minimum Gasteiger partial charge on any atom is -0.467 e. The second kappa shape index (κ2) is 5.84. The van der Waals surface area contributed by atoms with Crippen LogP contribution >= 0.6 is 0 Å². The quantitative estimate of drug-likeness (QED) is 0.673. The zero-order valence-electron chi connectivity index (χ0n) is 9.99. The highest BCUT2D eigenvalue weighted by Gasteiger charge is 2.25. The molecule has 16 heavy (non-hydrogen) atoms. The molecular formula is C11H19NO4. The first-order chi connectivity index (χ1) is 7.54. The maximum Gasteiger partial charge on any atom is 0.328 e. The summed E-state index contributed by atoms with van der Waals surface area (Å²) in [5, 5.41) is 2.54. The molecule has 0 bridgehead atoms. The van der Waals surface area contributed by atoms with Gasteiger partial charge in [-0.2, -0.15) is 0 Å². The number of amides is 1. The fraction of sp³-hybridized carbons (Fsp3) is 0.818. The van der Waals surface area contributed by atoms with Crippen LogP contribution in [-0.2, 0) is 19.1 Å². The molecule has 0 heterocycles. The summed E-state index contributed by atoms with van der Waals surface area (Å²) in [4.78, 5) is 22.6. The maximum atomic E-state index is 11.6. The Hall–Kier alpha value is -1.10. The molecule has 1 aliphatic carbocycles. The van der Waals surface area contributed by atoms with E-state index in [0.29, 0.717) is 12.5 Å². The predicted molar refractivity (Wildman–Crippen MR) is 57.8 cm³/mol. The van der Waals surface area contributed by atoms with Crippen LogP contribution in [-0.4, -0.2) is 37.7 Å². The van der Waals surface area contributed by atoms with Gasteiger partial charge in [-0.25, -0.2) is 4.79 Å². The zero-order chi connectivity index (χ0) is 12.1. The molecule has 5 nitrogen and oxygen atoms in total. The van der Waals surface area contributed by atoms with Gasteiger partial charge in [0.05, 0.1) is 13.7 Å². The van der Waals surface area contributed by atoms with Gasteiger partial charge >= 0.3 is 5.97 Å². The Balaban J connectivity index is 2.23. The Bertz CT molecular complexity index is 263. The zero-order valence-corrected chi connectivity index (χ0v) is 9.99. The lowest BCUT2D eigenvalue weighted by Gasteiger charge is -2.16. The van der Waals surface area contributed by atoms with Gasteiger partial charge in [-0.05, 0) is 32.6 Å². The van der Waals surface area contributed by atoms with Crippen molar-refractivity contribution in [3.63, 3.8) is 0 Å². The SMILES string of the molecule is COC(=O)[C@H](C)NC(=O)C(C)OCC1CC1. The van der Waals surface area contributed by atoms with Gasteiger partial charge in [-0.15, -0.1) is 0 Å². The van der Waals surface area contributed by atoms with E-state index < -0.39 is 18.1 Å². The van der Waals surface area contributed by atoms with Gasteiger partial charge in [-0.3, -0.25) is 4.79 Å². The van der Waals surface area contributed by atoms with Crippen molar-refractivity contribution in [3.05, 3.63) is 0 Å². The monoisotopic (exact) mass is 229 g/mol. The van der Waals surface area contributed by atoms with Gasteiger partial charge in [0, 0.05) is 0 Å². The lowest BCUT2D eigenvalue weighted by molar-refractivity contribution is -0.146. The molecule has 0 aliphatic heterocycles. The van der Waals surface area contributed by atoms with Crippen molar-refractivity contribution in [1.29, 1.82) is 0 Å². The average Bonchev–Trinajstić information content (AvgIpc) is 3.08. The van der Waals surface area contributed by atoms with Crippen LogP contribution in [0, 0.1) is 5.92 Å². The Morgan fingerprint density at radius 2 is 2.00 bits per heavy atom. The van der Waals surface area contributed by atoms with Crippen molar-refractivity contribution < 1.29 is 19.1 Å². The van der Waals surface area contributed by atoms with Crippen LogP contribution in [0.1, 0.15) is 26.7 Å². The molecule has 0 saturated heterocycles. The van der Waals surface area contributed by atoms with Gasteiger partial charge in [0.15, 0.2) is 0 Å². The molecule has 0 aromatic carbocycles. The number of hydrogen-bond acceptors (Lipinski definition) is 4. The Labute approximate surface area is 95.5 Å². The summed E-state index contributed by atoms with van der Waals surface area (Å²) in [6.45, 7) is 3.89. The van der Waals surface area contributed by atoms with Gasteiger partial charge in [-0.1, -0.05) is 0 Å². The summed E-state index contributed by atoms with van der Waals surface area (Å²) >= 11 is 0. The van der Waals surface area contributed by atoms with E-state index in [1.165, 1.54) is 20.0 Å². The molecule has 1 unspecified atom stereocenters. The van der Waals surface area contributed by atoms with Crippen LogP contribution in [0.2, 0.25) is 0 Å². The molecule has 5 heteroatoms. The van der Waals surface area contributed by atoms with Gasteiger partial charge < -0.3 is 14.8 Å². The van der Waals surface area contributed by atoms with Gasteiger partial charge in [0.25, 0.3) is 0 Å². The van der Waals surface area contributed by atoms with E-state index in [0.717, 1.165) is 0 Å². The van der Waals surface area contributed by atoms with E-state index in [-0.39, 0.29) is 5.91 Å². The maximum absolute atomic E-state index is 11.6. The molecule has 1 rings (SSSR count). The third-order valence-electron chi connectivity index (χ3n) is 2.56. The summed E-state index contributed by atoms with van der Waals surface area (Å²) < 4.78 is 9.88. The first kappa shape index (κ1) is 13.0. The molecule has 0 radical (unpaired) electrons. The smallest absolute Gasteiger partial charge is 0.328 e. The van der Waals surface area contributed by atoms with E-state index in [1.807, 2.05) is 0 Å². The standard InChI is InChI=1S/C11H19NO4/c1-7(11(14)15-3)12-10(13)8(2)16-6-9-4-5-9/h7-9H,4-6H2,1-3H3,(H,12,13)/t7-,8?/m0/s1. The normalized spacial score (nSPS) is 18.7. The average molecular weight is 229 g/mol. The molecule has 0 spiro atoms. The number of methoxy groups -OCH3 is 1. The molecule has 0 aromatic heterocycles. The van der Waals surface area contributed by atoms with E-state index in [2.05, 4.69) is 10.1 Å². The number of rotatable bonds is 6. The highest BCUT2D eigenvalue weighted by atomic mass is 16.5. The Morgan fingerprint density at radius 3 is 2.50 bits per heavy atom. The second-order valence-electron chi connectivity index (χ2n) is 4.17. The van der Waals surface area contributed by atoms with Crippen molar-refractivity contribution in [1.82, 2.24) is 5.32 Å². The van der Waals surface area contributed by atoms with E-state index >= 15 is 0 Å². The molecule has 2 atom stereocenters. The van der Waals surface area contributed by atoms with Gasteiger partial charge in [0.2, 0.25) is 5.91 Å². The number of carbonyl (C=O) groups excluding carboxylic acids is 2. The largest absolute Gasteiger partial charge is 0.467 e. The van der Waals surface area contributed by atoms with Crippen LogP contribution in [0.5, 0.6) is 0 Å². The molecule has 1 N–H and O–H groups in total. The number of carbonyl (C=O) groups is 2. The third kappa shape index (κ3) is 4.18. The fourth-order valence-corrected chi connectivity index (χ4v) is 1.21. The first-order valence-corrected chi connectivity index (χ1v) is 5.54. The number of nitrogens with one attached hydrogen (secondary N) is 1. The Kier molecular flexibility index (Phi) is 4.73. The molecule has 0 aromatic rings. The molecule has 1 saturated carbocycles. The van der Waals surface area contributed by atoms with Crippen LogP contribution in [0.4, 0.5) is 0 Å². The number of hydrogen-bond donors (Lipinski definition) is 1. The predicted octanol–water partition coefficient (Wildman–Crippen LogP) is 0.479. The molecule has 1 amide bonds. The van der Waals surface area contributed by atoms with E-state index in [4.69, 9.17) is 4.74 Å². The van der Waals surface area contributed by atoms with Crippen LogP contribution in [0.25, 0.3) is 0 Å². The molecule has 1 aliphatic rings.